The predicted octanol–water partition coefficient (Wildman–Crippen LogP) is 4.28. The number of ether oxygens (including phenoxy) is 1. The molecule has 0 saturated heterocycles. The summed E-state index contributed by atoms with van der Waals surface area (Å²) in [4.78, 5) is 12.0. The van der Waals surface area contributed by atoms with Gasteiger partial charge in [0.2, 0.25) is 0 Å². The van der Waals surface area contributed by atoms with Gasteiger partial charge < -0.3 is 19.4 Å². The number of unbranched alkanes of at least 4 members (excludes halogenated alkanes) is 1. The average Bonchev–Trinajstić information content (AvgIpc) is 3.20. The Bertz CT molecular complexity index is 681. The van der Waals surface area contributed by atoms with E-state index in [2.05, 4.69) is 13.5 Å². The second-order valence-corrected chi connectivity index (χ2v) is 9.24. The molecule has 5 heteroatoms. The standard InChI is InChI=1S/C24H36O5/c1-4-5-6-22(26)29-15-18-20-9-7-16(2)19(10-8-17-11-12-28-14-17)24(20,3)13-21(25)23(18)27/h11-12,14,18-21,23,25,27H,2,4-10,13,15H2,1,3H3/t18-,19+,20+,21+,23-,24-/m0/s1. The molecule has 0 unspecified atom stereocenters. The van der Waals surface area contributed by atoms with Crippen LogP contribution >= 0.6 is 0 Å². The highest BCUT2D eigenvalue weighted by atomic mass is 16.5. The molecule has 0 amide bonds. The number of aryl methyl sites for hydroxylation is 1. The van der Waals surface area contributed by atoms with Gasteiger partial charge in [-0.25, -0.2) is 0 Å². The molecule has 0 spiro atoms. The van der Waals surface area contributed by atoms with Crippen LogP contribution in [0.2, 0.25) is 0 Å². The second-order valence-electron chi connectivity index (χ2n) is 9.24. The summed E-state index contributed by atoms with van der Waals surface area (Å²) in [6.45, 7) is 8.80. The van der Waals surface area contributed by atoms with Crippen molar-refractivity contribution < 1.29 is 24.2 Å². The summed E-state index contributed by atoms with van der Waals surface area (Å²) < 4.78 is 10.7. The zero-order chi connectivity index (χ0) is 21.0. The number of fused-ring (bicyclic) bond motifs is 1. The number of carbonyl (C=O) groups excluding carboxylic acids is 1. The molecule has 2 aliphatic carbocycles. The van der Waals surface area contributed by atoms with Crippen LogP contribution in [-0.4, -0.2) is 35.0 Å². The quantitative estimate of drug-likeness (QED) is 0.499. The zero-order valence-electron chi connectivity index (χ0n) is 17.8. The third-order valence-corrected chi connectivity index (χ3v) is 7.38. The van der Waals surface area contributed by atoms with Crippen LogP contribution in [0.1, 0.15) is 64.4 Å². The maximum absolute atomic E-state index is 12.0. The van der Waals surface area contributed by atoms with Crippen molar-refractivity contribution in [2.45, 2.75) is 77.4 Å². The van der Waals surface area contributed by atoms with E-state index in [1.165, 1.54) is 11.1 Å². The lowest BCUT2D eigenvalue weighted by Crippen LogP contribution is -2.57. The lowest BCUT2D eigenvalue weighted by molar-refractivity contribution is -0.170. The third kappa shape index (κ3) is 4.77. The van der Waals surface area contributed by atoms with E-state index in [1.54, 1.807) is 12.5 Å². The maximum atomic E-state index is 12.0. The predicted molar refractivity (Wildman–Crippen MR) is 111 cm³/mol. The van der Waals surface area contributed by atoms with E-state index in [1.807, 2.05) is 13.0 Å². The Hall–Kier alpha value is -1.59. The van der Waals surface area contributed by atoms with E-state index in [9.17, 15) is 15.0 Å². The number of furan rings is 1. The topological polar surface area (TPSA) is 79.9 Å². The highest BCUT2D eigenvalue weighted by Gasteiger charge is 2.55. The molecule has 1 aromatic rings. The molecule has 0 aromatic carbocycles. The Balaban J connectivity index is 1.74. The van der Waals surface area contributed by atoms with Gasteiger partial charge in [0.25, 0.3) is 0 Å². The van der Waals surface area contributed by atoms with Crippen LogP contribution in [0, 0.1) is 23.2 Å². The van der Waals surface area contributed by atoms with E-state index < -0.39 is 12.2 Å². The van der Waals surface area contributed by atoms with E-state index in [0.717, 1.165) is 38.5 Å². The first-order valence-corrected chi connectivity index (χ1v) is 11.1. The second kappa shape index (κ2) is 9.48. The van der Waals surface area contributed by atoms with Crippen molar-refractivity contribution in [3.8, 4) is 0 Å². The summed E-state index contributed by atoms with van der Waals surface area (Å²) in [7, 11) is 0. The van der Waals surface area contributed by atoms with Crippen molar-refractivity contribution in [1.29, 1.82) is 0 Å². The number of allylic oxidation sites excluding steroid dienone is 1. The molecule has 5 nitrogen and oxygen atoms in total. The molecule has 2 saturated carbocycles. The molecule has 1 aromatic heterocycles. The van der Waals surface area contributed by atoms with E-state index in [-0.39, 0.29) is 35.7 Å². The summed E-state index contributed by atoms with van der Waals surface area (Å²) in [5, 5.41) is 21.4. The van der Waals surface area contributed by atoms with Crippen molar-refractivity contribution in [2.24, 2.45) is 23.2 Å². The van der Waals surface area contributed by atoms with Gasteiger partial charge in [0.1, 0.15) is 0 Å². The lowest BCUT2D eigenvalue weighted by atomic mass is 9.49. The molecule has 162 valence electrons. The van der Waals surface area contributed by atoms with Gasteiger partial charge in [-0.15, -0.1) is 0 Å². The van der Waals surface area contributed by atoms with Crippen molar-refractivity contribution >= 4 is 5.97 Å². The van der Waals surface area contributed by atoms with Crippen molar-refractivity contribution in [2.75, 3.05) is 6.61 Å². The monoisotopic (exact) mass is 404 g/mol. The molecule has 0 aliphatic heterocycles. The van der Waals surface area contributed by atoms with Crippen LogP contribution < -0.4 is 0 Å². The SMILES string of the molecule is C=C1CC[C@@H]2[C@H](COC(=O)CCCC)[C@H](O)[C@H](O)C[C@@]2(C)[C@@H]1CCc1ccoc1. The molecule has 2 aliphatic rings. The van der Waals surface area contributed by atoms with Crippen LogP contribution in [0.4, 0.5) is 0 Å². The first kappa shape index (κ1) is 22.1. The molecule has 2 N–H and O–H groups in total. The molecule has 2 fully saturated rings. The Morgan fingerprint density at radius 1 is 1.41 bits per heavy atom. The summed E-state index contributed by atoms with van der Waals surface area (Å²) >= 11 is 0. The molecule has 29 heavy (non-hydrogen) atoms. The van der Waals surface area contributed by atoms with Gasteiger partial charge in [-0.3, -0.25) is 4.79 Å². The fourth-order valence-corrected chi connectivity index (χ4v) is 5.74. The van der Waals surface area contributed by atoms with Crippen molar-refractivity contribution in [1.82, 2.24) is 0 Å². The summed E-state index contributed by atoms with van der Waals surface area (Å²) in [5.41, 5.74) is 2.23. The highest BCUT2D eigenvalue weighted by Crippen LogP contribution is 2.58. The molecule has 0 bridgehead atoms. The minimum absolute atomic E-state index is 0.168. The minimum atomic E-state index is -0.854. The molecule has 6 atom stereocenters. The van der Waals surface area contributed by atoms with Crippen LogP contribution in [0.5, 0.6) is 0 Å². The smallest absolute Gasteiger partial charge is 0.305 e. The fraction of sp³-hybridized carbons (Fsp3) is 0.708. The summed E-state index contributed by atoms with van der Waals surface area (Å²) in [6, 6.07) is 1.99. The van der Waals surface area contributed by atoms with Gasteiger partial charge in [-0.1, -0.05) is 32.4 Å². The maximum Gasteiger partial charge on any atom is 0.305 e. The number of aliphatic hydroxyl groups is 2. The number of hydrogen-bond acceptors (Lipinski definition) is 5. The van der Waals surface area contributed by atoms with E-state index in [0.29, 0.717) is 12.8 Å². The molecular formula is C24H36O5. The van der Waals surface area contributed by atoms with Crippen LogP contribution in [0.25, 0.3) is 0 Å². The van der Waals surface area contributed by atoms with Gasteiger partial charge in [0, 0.05) is 12.3 Å². The van der Waals surface area contributed by atoms with Crippen LogP contribution in [0.3, 0.4) is 0 Å². The fourth-order valence-electron chi connectivity index (χ4n) is 5.74. The number of rotatable bonds is 8. The van der Waals surface area contributed by atoms with Gasteiger partial charge in [0.15, 0.2) is 0 Å². The van der Waals surface area contributed by atoms with Crippen LogP contribution in [-0.2, 0) is 16.0 Å². The minimum Gasteiger partial charge on any atom is -0.472 e. The van der Waals surface area contributed by atoms with Gasteiger partial charge >= 0.3 is 5.97 Å². The Kier molecular flexibility index (Phi) is 7.23. The largest absolute Gasteiger partial charge is 0.472 e. The Labute approximate surface area is 174 Å². The van der Waals surface area contributed by atoms with Gasteiger partial charge in [0.05, 0.1) is 31.3 Å². The van der Waals surface area contributed by atoms with E-state index in [4.69, 9.17) is 9.15 Å². The first-order chi connectivity index (χ1) is 13.9. The summed E-state index contributed by atoms with van der Waals surface area (Å²) in [6.07, 6.45) is 8.20. The number of carbonyl (C=O) groups is 1. The number of esters is 1. The first-order valence-electron chi connectivity index (χ1n) is 11.1. The van der Waals surface area contributed by atoms with E-state index >= 15 is 0 Å². The van der Waals surface area contributed by atoms with Crippen molar-refractivity contribution in [3.05, 3.63) is 36.3 Å². The number of aliphatic hydroxyl groups excluding tert-OH is 2. The average molecular weight is 405 g/mol. The molecular weight excluding hydrogens is 368 g/mol. The van der Waals surface area contributed by atoms with Gasteiger partial charge in [-0.05, 0) is 67.4 Å². The third-order valence-electron chi connectivity index (χ3n) is 7.38. The molecule has 3 rings (SSSR count). The molecule has 1 heterocycles. The van der Waals surface area contributed by atoms with Crippen molar-refractivity contribution in [3.63, 3.8) is 0 Å². The Morgan fingerprint density at radius 3 is 2.90 bits per heavy atom. The normalized spacial score (nSPS) is 34.6. The molecule has 0 radical (unpaired) electrons. The van der Waals surface area contributed by atoms with Gasteiger partial charge in [-0.2, -0.15) is 0 Å². The van der Waals surface area contributed by atoms with Crippen LogP contribution in [0.15, 0.2) is 35.2 Å². The lowest BCUT2D eigenvalue weighted by Gasteiger charge is -2.57. The highest BCUT2D eigenvalue weighted by molar-refractivity contribution is 5.69. The Morgan fingerprint density at radius 2 is 2.21 bits per heavy atom. The summed E-state index contributed by atoms with van der Waals surface area (Å²) in [5.74, 6) is 0.00714. The number of hydrogen-bond donors (Lipinski definition) is 2. The zero-order valence-corrected chi connectivity index (χ0v) is 17.8.